The van der Waals surface area contributed by atoms with Crippen molar-refractivity contribution in [1.82, 2.24) is 5.16 Å². The fourth-order valence-electron chi connectivity index (χ4n) is 3.15. The number of rotatable bonds is 3. The normalized spacial score (nSPS) is 18.0. The van der Waals surface area contributed by atoms with E-state index in [9.17, 15) is 8.42 Å². The molecule has 5 nitrogen and oxygen atoms in total. The molecule has 118 valence electrons. The predicted octanol–water partition coefficient (Wildman–Crippen LogP) is 3.24. The summed E-state index contributed by atoms with van der Waals surface area (Å²) in [5.41, 5.74) is 2.26. The highest BCUT2D eigenvalue weighted by molar-refractivity contribution is 7.93. The summed E-state index contributed by atoms with van der Waals surface area (Å²) in [6.07, 6.45) is 0. The van der Waals surface area contributed by atoms with Gasteiger partial charge in [0.05, 0.1) is 5.69 Å². The van der Waals surface area contributed by atoms with Crippen LogP contribution >= 0.6 is 0 Å². The van der Waals surface area contributed by atoms with Crippen LogP contribution in [0.2, 0.25) is 0 Å². The SMILES string of the molecule is Cc1noc(C)c1S(=O)(=O)N1CC(C(C)C)c2ccccc21. The van der Waals surface area contributed by atoms with Crippen LogP contribution in [-0.4, -0.2) is 20.1 Å². The molecule has 0 fully saturated rings. The molecule has 0 radical (unpaired) electrons. The number of aryl methyl sites for hydroxylation is 2. The molecule has 0 saturated carbocycles. The number of fused-ring (bicyclic) bond motifs is 1. The van der Waals surface area contributed by atoms with Crippen LogP contribution in [0.25, 0.3) is 0 Å². The molecule has 6 heteroatoms. The maximum atomic E-state index is 13.1. The number of sulfonamides is 1. The molecule has 2 aromatic rings. The predicted molar refractivity (Wildman–Crippen MR) is 84.5 cm³/mol. The third-order valence-corrected chi connectivity index (χ3v) is 6.31. The smallest absolute Gasteiger partial charge is 0.269 e. The Morgan fingerprint density at radius 2 is 1.95 bits per heavy atom. The Morgan fingerprint density at radius 1 is 1.27 bits per heavy atom. The van der Waals surface area contributed by atoms with Gasteiger partial charge in [-0.2, -0.15) is 0 Å². The van der Waals surface area contributed by atoms with Crippen LogP contribution in [0.3, 0.4) is 0 Å². The highest BCUT2D eigenvalue weighted by Gasteiger charge is 2.39. The zero-order valence-corrected chi connectivity index (χ0v) is 14.0. The van der Waals surface area contributed by atoms with Gasteiger partial charge in [-0.1, -0.05) is 37.2 Å². The van der Waals surface area contributed by atoms with Crippen LogP contribution in [0.1, 0.15) is 36.8 Å². The van der Waals surface area contributed by atoms with Crippen molar-refractivity contribution < 1.29 is 12.9 Å². The zero-order valence-electron chi connectivity index (χ0n) is 13.2. The topological polar surface area (TPSA) is 63.4 Å². The molecule has 0 spiro atoms. The summed E-state index contributed by atoms with van der Waals surface area (Å²) in [6.45, 7) is 7.99. The van der Waals surface area contributed by atoms with Crippen LogP contribution in [0, 0.1) is 19.8 Å². The number of hydrogen-bond acceptors (Lipinski definition) is 4. The van der Waals surface area contributed by atoms with E-state index in [1.54, 1.807) is 13.8 Å². The molecule has 1 aliphatic heterocycles. The van der Waals surface area contributed by atoms with E-state index in [0.29, 0.717) is 23.9 Å². The summed E-state index contributed by atoms with van der Waals surface area (Å²) in [7, 11) is -3.66. The van der Waals surface area contributed by atoms with Crippen molar-refractivity contribution in [2.45, 2.75) is 38.5 Å². The third kappa shape index (κ3) is 2.13. The molecule has 0 aliphatic carbocycles. The lowest BCUT2D eigenvalue weighted by Gasteiger charge is -2.20. The lowest BCUT2D eigenvalue weighted by atomic mass is 9.90. The fraction of sp³-hybridized carbons (Fsp3) is 0.438. The summed E-state index contributed by atoms with van der Waals surface area (Å²) < 4.78 is 32.7. The summed E-state index contributed by atoms with van der Waals surface area (Å²) in [5.74, 6) is 0.903. The van der Waals surface area contributed by atoms with E-state index in [1.165, 1.54) is 4.31 Å². The largest absolute Gasteiger partial charge is 0.360 e. The first-order chi connectivity index (χ1) is 10.3. The van der Waals surface area contributed by atoms with Crippen molar-refractivity contribution in [3.63, 3.8) is 0 Å². The minimum absolute atomic E-state index is 0.187. The second kappa shape index (κ2) is 5.12. The molecular formula is C16H20N2O3S. The van der Waals surface area contributed by atoms with Gasteiger partial charge in [-0.05, 0) is 31.4 Å². The maximum absolute atomic E-state index is 13.1. The number of para-hydroxylation sites is 1. The van der Waals surface area contributed by atoms with Crippen molar-refractivity contribution in [3.8, 4) is 0 Å². The van der Waals surface area contributed by atoms with Gasteiger partial charge < -0.3 is 4.52 Å². The number of benzene rings is 1. The van der Waals surface area contributed by atoms with E-state index in [1.807, 2.05) is 24.3 Å². The first kappa shape index (κ1) is 15.1. The molecule has 2 heterocycles. The van der Waals surface area contributed by atoms with E-state index < -0.39 is 10.0 Å². The van der Waals surface area contributed by atoms with Gasteiger partial charge in [0.15, 0.2) is 10.7 Å². The minimum atomic E-state index is -3.66. The van der Waals surface area contributed by atoms with Crippen molar-refractivity contribution in [2.75, 3.05) is 10.8 Å². The van der Waals surface area contributed by atoms with E-state index in [-0.39, 0.29) is 10.8 Å². The number of nitrogens with zero attached hydrogens (tertiary/aromatic N) is 2. The Hall–Kier alpha value is -1.82. The minimum Gasteiger partial charge on any atom is -0.360 e. The van der Waals surface area contributed by atoms with Crippen LogP contribution in [0.5, 0.6) is 0 Å². The van der Waals surface area contributed by atoms with Gasteiger partial charge in [0.25, 0.3) is 10.0 Å². The van der Waals surface area contributed by atoms with Crippen molar-refractivity contribution >= 4 is 15.7 Å². The van der Waals surface area contributed by atoms with E-state index >= 15 is 0 Å². The molecule has 0 N–H and O–H groups in total. The molecule has 1 aromatic carbocycles. The van der Waals surface area contributed by atoms with Gasteiger partial charge in [0, 0.05) is 12.5 Å². The Morgan fingerprint density at radius 3 is 2.55 bits per heavy atom. The molecule has 1 aliphatic rings. The summed E-state index contributed by atoms with van der Waals surface area (Å²) in [5, 5.41) is 3.78. The molecule has 0 amide bonds. The van der Waals surface area contributed by atoms with Gasteiger partial charge in [-0.15, -0.1) is 0 Å². The van der Waals surface area contributed by atoms with Gasteiger partial charge in [0.2, 0.25) is 0 Å². The van der Waals surface area contributed by atoms with Gasteiger partial charge in [0.1, 0.15) is 5.69 Å². The number of aromatic nitrogens is 1. The highest BCUT2D eigenvalue weighted by atomic mass is 32.2. The molecular weight excluding hydrogens is 300 g/mol. The quantitative estimate of drug-likeness (QED) is 0.871. The first-order valence-corrected chi connectivity index (χ1v) is 8.82. The molecule has 1 atom stereocenters. The average Bonchev–Trinajstić information content (AvgIpc) is 3.00. The molecule has 3 rings (SSSR count). The van der Waals surface area contributed by atoms with Gasteiger partial charge in [-0.25, -0.2) is 8.42 Å². The monoisotopic (exact) mass is 320 g/mol. The third-order valence-electron chi connectivity index (χ3n) is 4.29. The summed E-state index contributed by atoms with van der Waals surface area (Å²) in [6, 6.07) is 7.72. The number of anilines is 1. The maximum Gasteiger partial charge on any atom is 0.269 e. The molecule has 0 saturated heterocycles. The van der Waals surface area contributed by atoms with E-state index in [0.717, 1.165) is 11.3 Å². The van der Waals surface area contributed by atoms with Crippen LogP contribution in [0.4, 0.5) is 5.69 Å². The lowest BCUT2D eigenvalue weighted by Crippen LogP contribution is -2.31. The number of hydrogen-bond donors (Lipinski definition) is 0. The second-order valence-corrected chi connectivity index (χ2v) is 7.90. The van der Waals surface area contributed by atoms with Crippen LogP contribution < -0.4 is 4.31 Å². The Labute approximate surface area is 131 Å². The standard InChI is InChI=1S/C16H20N2O3S/c1-10(2)14-9-18(15-8-6-5-7-13(14)15)22(19,20)16-11(3)17-21-12(16)4/h5-8,10,14H,9H2,1-4H3. The lowest BCUT2D eigenvalue weighted by molar-refractivity contribution is 0.390. The molecule has 1 unspecified atom stereocenters. The van der Waals surface area contributed by atoms with E-state index in [4.69, 9.17) is 4.52 Å². The van der Waals surface area contributed by atoms with Gasteiger partial charge >= 0.3 is 0 Å². The van der Waals surface area contributed by atoms with Crippen molar-refractivity contribution in [1.29, 1.82) is 0 Å². The van der Waals surface area contributed by atoms with E-state index in [2.05, 4.69) is 19.0 Å². The second-order valence-electron chi connectivity index (χ2n) is 6.10. The summed E-state index contributed by atoms with van der Waals surface area (Å²) >= 11 is 0. The zero-order chi connectivity index (χ0) is 16.1. The van der Waals surface area contributed by atoms with Crippen molar-refractivity contribution in [3.05, 3.63) is 41.3 Å². The van der Waals surface area contributed by atoms with Crippen LogP contribution in [-0.2, 0) is 10.0 Å². The molecule has 0 bridgehead atoms. The van der Waals surface area contributed by atoms with Crippen LogP contribution in [0.15, 0.2) is 33.7 Å². The molecule has 22 heavy (non-hydrogen) atoms. The summed E-state index contributed by atoms with van der Waals surface area (Å²) in [4.78, 5) is 0.187. The van der Waals surface area contributed by atoms with Gasteiger partial charge in [-0.3, -0.25) is 4.31 Å². The highest BCUT2D eigenvalue weighted by Crippen LogP contribution is 2.43. The average molecular weight is 320 g/mol. The molecule has 1 aromatic heterocycles. The van der Waals surface area contributed by atoms with Crippen molar-refractivity contribution in [2.24, 2.45) is 5.92 Å². The Balaban J connectivity index is 2.14. The Bertz CT molecular complexity index is 789. The fourth-order valence-corrected chi connectivity index (χ4v) is 4.97. The first-order valence-electron chi connectivity index (χ1n) is 7.38. The Kier molecular flexibility index (Phi) is 3.51.